The second-order valence-electron chi connectivity index (χ2n) is 8.93. The lowest BCUT2D eigenvalue weighted by Gasteiger charge is -2.40. The Bertz CT molecular complexity index is 1390. The normalized spacial score (nSPS) is 17.2. The number of ether oxygens (including phenoxy) is 1. The highest BCUT2D eigenvalue weighted by Gasteiger charge is 2.36. The summed E-state index contributed by atoms with van der Waals surface area (Å²) < 4.78 is 34.2. The smallest absolute Gasteiger partial charge is 0.277 e. The summed E-state index contributed by atoms with van der Waals surface area (Å²) in [5.74, 6) is -3.87. The number of fused-ring (bicyclic) bond motifs is 1. The fourth-order valence-electron chi connectivity index (χ4n) is 4.48. The quantitative estimate of drug-likeness (QED) is 0.487. The van der Waals surface area contributed by atoms with Gasteiger partial charge in [0.25, 0.3) is 11.8 Å². The number of halogens is 2. The van der Waals surface area contributed by atoms with Crippen LogP contribution in [-0.2, 0) is 17.8 Å². The third-order valence-corrected chi connectivity index (χ3v) is 7.12. The summed E-state index contributed by atoms with van der Waals surface area (Å²) >= 11 is 1.50. The summed E-state index contributed by atoms with van der Waals surface area (Å²) in [6.07, 6.45) is 2.78. The molecule has 3 aromatic rings. The second kappa shape index (κ2) is 10.3. The van der Waals surface area contributed by atoms with Gasteiger partial charge in [-0.05, 0) is 41.3 Å². The monoisotopic (exact) mass is 530 g/mol. The van der Waals surface area contributed by atoms with E-state index in [0.29, 0.717) is 25.8 Å². The Morgan fingerprint density at radius 2 is 2.08 bits per heavy atom. The lowest BCUT2D eigenvalue weighted by molar-refractivity contribution is 0.0455. The van der Waals surface area contributed by atoms with E-state index in [-0.39, 0.29) is 30.6 Å². The van der Waals surface area contributed by atoms with Crippen LogP contribution in [0.15, 0.2) is 46.0 Å². The summed E-state index contributed by atoms with van der Waals surface area (Å²) in [4.78, 5) is 40.7. The van der Waals surface area contributed by atoms with Crippen molar-refractivity contribution in [3.8, 4) is 5.75 Å². The van der Waals surface area contributed by atoms with E-state index < -0.39 is 40.2 Å². The largest absolute Gasteiger partial charge is 0.502 e. The van der Waals surface area contributed by atoms with Crippen LogP contribution in [-0.4, -0.2) is 52.4 Å². The molecule has 2 aromatic heterocycles. The molecule has 2 aliphatic rings. The number of hydrogen-bond acceptors (Lipinski definition) is 7. The molecule has 4 heterocycles. The van der Waals surface area contributed by atoms with Gasteiger partial charge in [-0.3, -0.25) is 24.1 Å². The van der Waals surface area contributed by atoms with Crippen molar-refractivity contribution in [1.82, 2.24) is 14.9 Å². The van der Waals surface area contributed by atoms with Gasteiger partial charge in [0, 0.05) is 37.5 Å². The SMILES string of the molecule is O=C(NCc1ccc(F)cc1F)c1cn2c(c(O)c1=O)C(=O)N(C[C@@H]1CCCO1)CN2Cc1ccsc1. The Morgan fingerprint density at radius 1 is 1.24 bits per heavy atom. The first-order valence-electron chi connectivity index (χ1n) is 11.7. The summed E-state index contributed by atoms with van der Waals surface area (Å²) in [6, 6.07) is 4.85. The average molecular weight is 531 g/mol. The Hall–Kier alpha value is -3.77. The van der Waals surface area contributed by atoms with Gasteiger partial charge in [-0.25, -0.2) is 8.78 Å². The summed E-state index contributed by atoms with van der Waals surface area (Å²) in [5, 5.41) is 18.8. The van der Waals surface area contributed by atoms with Gasteiger partial charge in [-0.15, -0.1) is 0 Å². The Morgan fingerprint density at radius 3 is 2.78 bits per heavy atom. The number of carbonyl (C=O) groups is 2. The minimum atomic E-state index is -1.02. The van der Waals surface area contributed by atoms with E-state index in [9.17, 15) is 28.3 Å². The number of benzene rings is 1. The molecule has 1 aromatic carbocycles. The molecule has 0 spiro atoms. The first kappa shape index (κ1) is 24.9. The molecule has 1 fully saturated rings. The average Bonchev–Trinajstić information content (AvgIpc) is 3.57. The number of aromatic nitrogens is 1. The fourth-order valence-corrected chi connectivity index (χ4v) is 5.14. The molecule has 2 amide bonds. The van der Waals surface area contributed by atoms with E-state index in [4.69, 9.17) is 4.74 Å². The van der Waals surface area contributed by atoms with Crippen LogP contribution in [0, 0.1) is 11.6 Å². The van der Waals surface area contributed by atoms with Gasteiger partial charge in [-0.2, -0.15) is 11.3 Å². The number of nitrogens with one attached hydrogen (secondary N) is 1. The van der Waals surface area contributed by atoms with Crippen molar-refractivity contribution in [3.05, 3.63) is 85.5 Å². The number of aromatic hydroxyl groups is 1. The van der Waals surface area contributed by atoms with Crippen LogP contribution in [0.3, 0.4) is 0 Å². The van der Waals surface area contributed by atoms with Crippen molar-refractivity contribution < 1.29 is 28.2 Å². The number of hydrogen-bond donors (Lipinski definition) is 2. The molecule has 2 N–H and O–H groups in total. The van der Waals surface area contributed by atoms with Crippen LogP contribution < -0.4 is 15.8 Å². The molecule has 0 aliphatic carbocycles. The lowest BCUT2D eigenvalue weighted by Crippen LogP contribution is -2.55. The van der Waals surface area contributed by atoms with Gasteiger partial charge < -0.3 is 20.1 Å². The zero-order valence-electron chi connectivity index (χ0n) is 19.7. The van der Waals surface area contributed by atoms with Crippen LogP contribution in [0.5, 0.6) is 5.75 Å². The van der Waals surface area contributed by atoms with E-state index in [2.05, 4.69) is 5.32 Å². The maximum atomic E-state index is 14.0. The van der Waals surface area contributed by atoms with Crippen LogP contribution in [0.1, 0.15) is 44.8 Å². The highest BCUT2D eigenvalue weighted by molar-refractivity contribution is 7.07. The van der Waals surface area contributed by atoms with Crippen molar-refractivity contribution in [2.45, 2.75) is 32.0 Å². The van der Waals surface area contributed by atoms with Crippen molar-refractivity contribution in [3.63, 3.8) is 0 Å². The second-order valence-corrected chi connectivity index (χ2v) is 9.71. The maximum Gasteiger partial charge on any atom is 0.277 e. The topological polar surface area (TPSA) is 104 Å². The highest BCUT2D eigenvalue weighted by Crippen LogP contribution is 2.25. The number of thiophene rings is 1. The zero-order valence-corrected chi connectivity index (χ0v) is 20.5. The van der Waals surface area contributed by atoms with Crippen LogP contribution >= 0.6 is 11.3 Å². The molecule has 5 rings (SSSR count). The molecular weight excluding hydrogens is 506 g/mol. The molecule has 1 saturated heterocycles. The first-order valence-corrected chi connectivity index (χ1v) is 12.6. The van der Waals surface area contributed by atoms with Gasteiger partial charge in [0.1, 0.15) is 23.9 Å². The molecule has 0 saturated carbocycles. The van der Waals surface area contributed by atoms with E-state index in [0.717, 1.165) is 24.5 Å². The summed E-state index contributed by atoms with van der Waals surface area (Å²) in [7, 11) is 0. The van der Waals surface area contributed by atoms with Crippen molar-refractivity contribution >= 4 is 23.2 Å². The highest BCUT2D eigenvalue weighted by atomic mass is 32.1. The van der Waals surface area contributed by atoms with E-state index in [1.54, 1.807) is 5.01 Å². The first-order chi connectivity index (χ1) is 17.8. The predicted octanol–water partition coefficient (Wildman–Crippen LogP) is 2.55. The van der Waals surface area contributed by atoms with Crippen molar-refractivity contribution in [1.29, 1.82) is 0 Å². The van der Waals surface area contributed by atoms with E-state index in [1.807, 2.05) is 16.8 Å². The number of pyridine rings is 1. The van der Waals surface area contributed by atoms with Crippen molar-refractivity contribution in [2.75, 3.05) is 24.8 Å². The van der Waals surface area contributed by atoms with Gasteiger partial charge in [0.2, 0.25) is 5.43 Å². The number of carbonyl (C=O) groups excluding carboxylic acids is 2. The lowest BCUT2D eigenvalue weighted by atomic mass is 10.1. The Labute approximate surface area is 214 Å². The molecule has 12 heteroatoms. The minimum Gasteiger partial charge on any atom is -0.502 e. The molecule has 0 unspecified atom stereocenters. The zero-order chi connectivity index (χ0) is 26.1. The van der Waals surface area contributed by atoms with Crippen LogP contribution in [0.25, 0.3) is 0 Å². The number of rotatable bonds is 7. The maximum absolute atomic E-state index is 14.0. The molecular formula is C25H24F2N4O5S. The van der Waals surface area contributed by atoms with E-state index >= 15 is 0 Å². The number of amides is 2. The molecule has 0 bridgehead atoms. The van der Waals surface area contributed by atoms with E-state index in [1.165, 1.54) is 33.2 Å². The Kier molecular flexibility index (Phi) is 6.94. The van der Waals surface area contributed by atoms with Gasteiger partial charge >= 0.3 is 0 Å². The molecule has 2 aliphatic heterocycles. The third-order valence-electron chi connectivity index (χ3n) is 6.39. The molecule has 1 atom stereocenters. The van der Waals surface area contributed by atoms with Gasteiger partial charge in [-0.1, -0.05) is 6.07 Å². The van der Waals surface area contributed by atoms with Gasteiger partial charge in [0.05, 0.1) is 12.6 Å². The molecule has 37 heavy (non-hydrogen) atoms. The summed E-state index contributed by atoms with van der Waals surface area (Å²) in [5.41, 5.74) is -0.717. The molecule has 194 valence electrons. The standard InChI is InChI=1S/C25H24F2N4O5S/c26-17-4-3-16(20(27)8-17)9-28-24(34)19-12-31-21(23(33)22(19)32)25(35)29(11-18-2-1-6-36-18)14-30(31)10-15-5-7-37-13-15/h3-5,7-8,12-13,18,33H,1-2,6,9-11,14H2,(H,28,34)/t18-/m0/s1. The fraction of sp³-hybridized carbons (Fsp3) is 0.320. The number of nitrogens with zero attached hydrogens (tertiary/aromatic N) is 3. The Balaban J connectivity index is 1.47. The van der Waals surface area contributed by atoms with Crippen LogP contribution in [0.4, 0.5) is 8.78 Å². The third kappa shape index (κ3) is 5.07. The van der Waals surface area contributed by atoms with Gasteiger partial charge in [0.15, 0.2) is 11.4 Å². The molecule has 0 radical (unpaired) electrons. The van der Waals surface area contributed by atoms with Crippen molar-refractivity contribution in [2.24, 2.45) is 0 Å². The molecule has 9 nitrogen and oxygen atoms in total. The summed E-state index contributed by atoms with van der Waals surface area (Å²) in [6.45, 7) is 1.10. The minimum absolute atomic E-state index is 0.0241. The van der Waals surface area contributed by atoms with Crippen LogP contribution in [0.2, 0.25) is 0 Å². The predicted molar refractivity (Wildman–Crippen MR) is 131 cm³/mol.